The Morgan fingerprint density at radius 2 is 1.72 bits per heavy atom. The smallest absolute Gasteiger partial charge is 0.393 e. The Bertz CT molecular complexity index is 673. The van der Waals surface area contributed by atoms with Gasteiger partial charge in [0.15, 0.2) is 0 Å². The predicted octanol–water partition coefficient (Wildman–Crippen LogP) is 4.02. The van der Waals surface area contributed by atoms with E-state index in [4.69, 9.17) is 4.74 Å². The van der Waals surface area contributed by atoms with E-state index in [0.717, 1.165) is 5.56 Å². The first-order chi connectivity index (χ1) is 12.0. The van der Waals surface area contributed by atoms with Crippen molar-refractivity contribution in [3.05, 3.63) is 60.2 Å². The predicted molar refractivity (Wildman–Crippen MR) is 89.6 cm³/mol. The zero-order valence-electron chi connectivity index (χ0n) is 13.6. The summed E-state index contributed by atoms with van der Waals surface area (Å²) in [6.07, 6.45) is -4.31. The van der Waals surface area contributed by atoms with E-state index >= 15 is 0 Å². The highest BCUT2D eigenvalue weighted by molar-refractivity contribution is 5.51. The molecule has 0 saturated carbocycles. The summed E-state index contributed by atoms with van der Waals surface area (Å²) >= 11 is 0. The van der Waals surface area contributed by atoms with Crippen LogP contribution in [0.3, 0.4) is 0 Å². The lowest BCUT2D eigenvalue weighted by Gasteiger charge is -2.25. The van der Waals surface area contributed by atoms with Gasteiger partial charge in [-0.1, -0.05) is 30.3 Å². The highest BCUT2D eigenvalue weighted by Gasteiger charge is 2.47. The summed E-state index contributed by atoms with van der Waals surface area (Å²) < 4.78 is 44.6. The van der Waals surface area contributed by atoms with Gasteiger partial charge >= 0.3 is 6.18 Å². The van der Waals surface area contributed by atoms with Crippen molar-refractivity contribution in [2.75, 3.05) is 18.1 Å². The number of ether oxygens (including phenoxy) is 1. The molecule has 0 bridgehead atoms. The Kier molecular flexibility index (Phi) is 5.18. The quantitative estimate of drug-likeness (QED) is 0.883. The number of halogens is 3. The number of rotatable bonds is 5. The number of hydrogen-bond acceptors (Lipinski definition) is 3. The Balaban J connectivity index is 1.65. The minimum absolute atomic E-state index is 0.0771. The van der Waals surface area contributed by atoms with Gasteiger partial charge in [-0.3, -0.25) is 0 Å². The number of anilines is 1. The Morgan fingerprint density at radius 1 is 1.04 bits per heavy atom. The Morgan fingerprint density at radius 3 is 2.32 bits per heavy atom. The van der Waals surface area contributed by atoms with E-state index in [1.165, 1.54) is 0 Å². The molecule has 3 rings (SSSR count). The molecule has 3 nitrogen and oxygen atoms in total. The third-order valence-corrected chi connectivity index (χ3v) is 4.50. The molecule has 1 fully saturated rings. The van der Waals surface area contributed by atoms with E-state index in [1.807, 2.05) is 30.3 Å². The van der Waals surface area contributed by atoms with Gasteiger partial charge in [0.05, 0.1) is 18.6 Å². The summed E-state index contributed by atoms with van der Waals surface area (Å²) in [4.78, 5) is 1.62. The molecule has 0 spiro atoms. The van der Waals surface area contributed by atoms with Crippen molar-refractivity contribution in [3.63, 3.8) is 0 Å². The van der Waals surface area contributed by atoms with E-state index in [0.29, 0.717) is 18.0 Å². The second-order valence-corrected chi connectivity index (χ2v) is 6.23. The zero-order valence-corrected chi connectivity index (χ0v) is 13.6. The molecule has 0 aliphatic carbocycles. The summed E-state index contributed by atoms with van der Waals surface area (Å²) in [5, 5.41) is 9.41. The van der Waals surface area contributed by atoms with Crippen LogP contribution in [0.1, 0.15) is 12.0 Å². The van der Waals surface area contributed by atoms with Crippen LogP contribution in [0.15, 0.2) is 54.6 Å². The van der Waals surface area contributed by atoms with Crippen LogP contribution in [-0.2, 0) is 6.61 Å². The molecule has 1 N–H and O–H groups in total. The molecule has 2 aromatic carbocycles. The molecule has 1 aliphatic heterocycles. The maximum absolute atomic E-state index is 13.0. The number of aliphatic hydroxyl groups excluding tert-OH is 1. The van der Waals surface area contributed by atoms with Gasteiger partial charge < -0.3 is 14.7 Å². The van der Waals surface area contributed by atoms with Crippen molar-refractivity contribution >= 4 is 5.69 Å². The van der Waals surface area contributed by atoms with Crippen LogP contribution in [-0.4, -0.2) is 30.5 Å². The minimum atomic E-state index is -4.24. The molecule has 134 valence electrons. The van der Waals surface area contributed by atoms with E-state index in [1.54, 1.807) is 29.2 Å². The highest BCUT2D eigenvalue weighted by atomic mass is 19.4. The van der Waals surface area contributed by atoms with Gasteiger partial charge in [0.25, 0.3) is 0 Å². The van der Waals surface area contributed by atoms with Gasteiger partial charge in [-0.2, -0.15) is 13.2 Å². The summed E-state index contributed by atoms with van der Waals surface area (Å²) in [5.74, 6) is -0.752. The zero-order chi connectivity index (χ0) is 17.9. The number of hydrogen-bond donors (Lipinski definition) is 1. The van der Waals surface area contributed by atoms with Gasteiger partial charge in [0.1, 0.15) is 12.4 Å². The fraction of sp³-hybridized carbons (Fsp3) is 0.368. The lowest BCUT2D eigenvalue weighted by molar-refractivity contribution is -0.168. The van der Waals surface area contributed by atoms with Crippen molar-refractivity contribution in [3.8, 4) is 5.75 Å². The number of alkyl halides is 3. The van der Waals surface area contributed by atoms with Gasteiger partial charge in [0, 0.05) is 12.2 Å². The molecule has 1 aliphatic rings. The normalized spacial score (nSPS) is 20.7. The SMILES string of the molecule is OC[C@H]1C[C@@H](C(F)(F)F)CN1c1ccc(OCc2ccccc2)cc1. The Hall–Kier alpha value is -2.21. The molecule has 2 atom stereocenters. The molecule has 0 aromatic heterocycles. The van der Waals surface area contributed by atoms with Crippen molar-refractivity contribution in [1.29, 1.82) is 0 Å². The van der Waals surface area contributed by atoms with Crippen molar-refractivity contribution < 1.29 is 23.0 Å². The average Bonchev–Trinajstić information content (AvgIpc) is 3.06. The summed E-state index contributed by atoms with van der Waals surface area (Å²) in [6, 6.07) is 16.2. The summed E-state index contributed by atoms with van der Waals surface area (Å²) in [6.45, 7) is 0.0110. The van der Waals surface area contributed by atoms with Crippen molar-refractivity contribution in [1.82, 2.24) is 0 Å². The second-order valence-electron chi connectivity index (χ2n) is 6.23. The lowest BCUT2D eigenvalue weighted by atomic mass is 10.1. The minimum Gasteiger partial charge on any atom is -0.489 e. The van der Waals surface area contributed by atoms with E-state index in [-0.39, 0.29) is 19.6 Å². The van der Waals surface area contributed by atoms with Crippen molar-refractivity contribution in [2.24, 2.45) is 5.92 Å². The van der Waals surface area contributed by atoms with Gasteiger partial charge in [-0.15, -0.1) is 0 Å². The molecule has 1 saturated heterocycles. The first-order valence-electron chi connectivity index (χ1n) is 8.18. The molecule has 0 radical (unpaired) electrons. The topological polar surface area (TPSA) is 32.7 Å². The van der Waals surface area contributed by atoms with Crippen LogP contribution in [0.2, 0.25) is 0 Å². The summed E-state index contributed by atoms with van der Waals surface area (Å²) in [5.41, 5.74) is 1.71. The molecule has 0 amide bonds. The first kappa shape index (κ1) is 17.6. The number of benzene rings is 2. The number of aliphatic hydroxyl groups is 1. The third-order valence-electron chi connectivity index (χ3n) is 4.50. The standard InChI is InChI=1S/C19H20F3NO2/c20-19(21,22)15-10-17(12-24)23(11-15)16-6-8-18(9-7-16)25-13-14-4-2-1-3-5-14/h1-9,15,17,24H,10-13H2/t15-,17-/m1/s1. The fourth-order valence-corrected chi connectivity index (χ4v) is 3.12. The largest absolute Gasteiger partial charge is 0.489 e. The summed E-state index contributed by atoms with van der Waals surface area (Å²) in [7, 11) is 0. The molecule has 2 aromatic rings. The van der Waals surface area contributed by atoms with Crippen molar-refractivity contribution in [2.45, 2.75) is 25.2 Å². The van der Waals surface area contributed by atoms with Crippen LogP contribution >= 0.6 is 0 Å². The molecule has 0 unspecified atom stereocenters. The van der Waals surface area contributed by atoms with Crippen LogP contribution in [0.25, 0.3) is 0 Å². The van der Waals surface area contributed by atoms with Crippen LogP contribution < -0.4 is 9.64 Å². The van der Waals surface area contributed by atoms with Gasteiger partial charge in [-0.05, 0) is 36.2 Å². The maximum Gasteiger partial charge on any atom is 0.393 e. The molecular formula is C19H20F3NO2. The van der Waals surface area contributed by atoms with E-state index in [9.17, 15) is 18.3 Å². The van der Waals surface area contributed by atoms with E-state index < -0.39 is 18.1 Å². The Labute approximate surface area is 144 Å². The first-order valence-corrected chi connectivity index (χ1v) is 8.18. The van der Waals surface area contributed by atoms with Crippen LogP contribution in [0, 0.1) is 5.92 Å². The molecule has 1 heterocycles. The van der Waals surface area contributed by atoms with E-state index in [2.05, 4.69) is 0 Å². The maximum atomic E-state index is 13.0. The van der Waals surface area contributed by atoms with Crippen LogP contribution in [0.5, 0.6) is 5.75 Å². The third kappa shape index (κ3) is 4.25. The molecular weight excluding hydrogens is 331 g/mol. The lowest BCUT2D eigenvalue weighted by Crippen LogP contribution is -2.32. The van der Waals surface area contributed by atoms with Gasteiger partial charge in [0.2, 0.25) is 0 Å². The van der Waals surface area contributed by atoms with Gasteiger partial charge in [-0.25, -0.2) is 0 Å². The molecule has 25 heavy (non-hydrogen) atoms. The fourth-order valence-electron chi connectivity index (χ4n) is 3.12. The molecule has 6 heteroatoms. The average molecular weight is 351 g/mol. The highest BCUT2D eigenvalue weighted by Crippen LogP contribution is 2.38. The monoisotopic (exact) mass is 351 g/mol. The van der Waals surface area contributed by atoms with Crippen LogP contribution in [0.4, 0.5) is 18.9 Å². The second kappa shape index (κ2) is 7.35. The number of nitrogens with zero attached hydrogens (tertiary/aromatic N) is 1.